The maximum absolute atomic E-state index is 8.68. The molecule has 0 amide bonds. The average Bonchev–Trinajstić information content (AvgIpc) is 2.66. The maximum atomic E-state index is 8.68. The SMILES string of the molecule is [N-]=[N+]=NI1c2ccccc2-c2ccccc21. The minimum absolute atomic E-state index is 1.25. The fourth-order valence-electron chi connectivity index (χ4n) is 1.90. The van der Waals surface area contributed by atoms with Crippen LogP contribution in [0.4, 0.5) is 0 Å². The first-order valence-corrected chi connectivity index (χ1v) is 7.97. The van der Waals surface area contributed by atoms with Crippen molar-refractivity contribution in [1.29, 1.82) is 0 Å². The van der Waals surface area contributed by atoms with Gasteiger partial charge in [-0.3, -0.25) is 0 Å². The quantitative estimate of drug-likeness (QED) is 0.323. The van der Waals surface area contributed by atoms with E-state index in [0.29, 0.717) is 0 Å². The van der Waals surface area contributed by atoms with E-state index in [4.69, 9.17) is 5.53 Å². The molecule has 0 saturated heterocycles. The van der Waals surface area contributed by atoms with Gasteiger partial charge in [0.1, 0.15) is 0 Å². The summed E-state index contributed by atoms with van der Waals surface area (Å²) in [6.45, 7) is 0. The van der Waals surface area contributed by atoms with Crippen LogP contribution in [0.5, 0.6) is 0 Å². The van der Waals surface area contributed by atoms with Crippen molar-refractivity contribution in [1.82, 2.24) is 0 Å². The standard InChI is InChI=1S/C12H8IN3/c14-16-15-13-11-7-3-1-5-9(11)10-6-2-4-8-12(10)13/h1-8H. The average molecular weight is 321 g/mol. The van der Waals surface area contributed by atoms with Crippen molar-refractivity contribution < 1.29 is 0 Å². The monoisotopic (exact) mass is 321 g/mol. The molecule has 1 aliphatic rings. The summed E-state index contributed by atoms with van der Waals surface area (Å²) < 4.78 is 6.55. The van der Waals surface area contributed by atoms with Crippen LogP contribution in [0.1, 0.15) is 0 Å². The van der Waals surface area contributed by atoms with Crippen LogP contribution in [0.2, 0.25) is 0 Å². The van der Waals surface area contributed by atoms with Crippen molar-refractivity contribution >= 4 is 20.1 Å². The van der Waals surface area contributed by atoms with Crippen LogP contribution in [0.25, 0.3) is 21.6 Å². The van der Waals surface area contributed by atoms with Crippen LogP contribution in [0, 0.1) is 7.14 Å². The normalized spacial score (nSPS) is 13.9. The summed E-state index contributed by atoms with van der Waals surface area (Å²) in [5.41, 5.74) is 11.2. The van der Waals surface area contributed by atoms with E-state index in [1.54, 1.807) is 0 Å². The van der Waals surface area contributed by atoms with E-state index in [1.807, 2.05) is 24.3 Å². The molecule has 0 radical (unpaired) electrons. The third kappa shape index (κ3) is 1.31. The van der Waals surface area contributed by atoms with Crippen molar-refractivity contribution in [2.24, 2.45) is 3.33 Å². The van der Waals surface area contributed by atoms with Crippen LogP contribution >= 0.6 is 20.1 Å². The van der Waals surface area contributed by atoms with Gasteiger partial charge in [0.15, 0.2) is 0 Å². The summed E-state index contributed by atoms with van der Waals surface area (Å²) in [4.78, 5) is 3.01. The fourth-order valence-corrected chi connectivity index (χ4v) is 6.32. The number of azide groups is 1. The van der Waals surface area contributed by atoms with Gasteiger partial charge in [-0.05, 0) is 0 Å². The van der Waals surface area contributed by atoms with Gasteiger partial charge in [0.25, 0.3) is 0 Å². The van der Waals surface area contributed by atoms with E-state index in [0.717, 1.165) is 0 Å². The van der Waals surface area contributed by atoms with E-state index in [2.05, 4.69) is 32.5 Å². The van der Waals surface area contributed by atoms with Crippen LogP contribution in [0.3, 0.4) is 0 Å². The Kier molecular flexibility index (Phi) is 2.31. The second-order valence-corrected chi connectivity index (χ2v) is 7.65. The number of benzene rings is 2. The predicted octanol–water partition coefficient (Wildman–Crippen LogP) is 4.44. The van der Waals surface area contributed by atoms with Crippen molar-refractivity contribution in [2.45, 2.75) is 0 Å². The van der Waals surface area contributed by atoms with E-state index in [1.165, 1.54) is 18.3 Å². The zero-order valence-electron chi connectivity index (χ0n) is 8.34. The fraction of sp³-hybridized carbons (Fsp3) is 0. The van der Waals surface area contributed by atoms with Crippen LogP contribution in [-0.2, 0) is 0 Å². The summed E-state index contributed by atoms with van der Waals surface area (Å²) in [6.07, 6.45) is 0. The molecule has 3 nitrogen and oxygen atoms in total. The Morgan fingerprint density at radius 1 is 0.875 bits per heavy atom. The second kappa shape index (κ2) is 3.81. The molecule has 2 aromatic rings. The Hall–Kier alpha value is -1.52. The topological polar surface area (TPSA) is 48.8 Å². The summed E-state index contributed by atoms with van der Waals surface area (Å²) in [7, 11) is 0. The van der Waals surface area contributed by atoms with Gasteiger partial charge in [-0.2, -0.15) is 0 Å². The Labute approximate surface area is 100 Å². The van der Waals surface area contributed by atoms with Crippen molar-refractivity contribution in [3.05, 3.63) is 66.1 Å². The number of fused-ring (bicyclic) bond motifs is 3. The third-order valence-corrected chi connectivity index (χ3v) is 7.24. The van der Waals surface area contributed by atoms with Crippen molar-refractivity contribution in [3.8, 4) is 11.1 Å². The molecule has 16 heavy (non-hydrogen) atoms. The van der Waals surface area contributed by atoms with Crippen molar-refractivity contribution in [2.75, 3.05) is 0 Å². The Morgan fingerprint density at radius 3 is 1.88 bits per heavy atom. The molecule has 3 rings (SSSR count). The number of hydrogen-bond acceptors (Lipinski definition) is 1. The molecule has 2 aromatic carbocycles. The molecule has 0 atom stereocenters. The third-order valence-electron chi connectivity index (χ3n) is 2.53. The molecule has 78 valence electrons. The van der Waals surface area contributed by atoms with Gasteiger partial charge in [0.2, 0.25) is 0 Å². The molecule has 0 unspecified atom stereocenters. The Bertz CT molecular complexity index is 557. The van der Waals surface area contributed by atoms with Gasteiger partial charge in [0.05, 0.1) is 0 Å². The Balaban J connectivity index is 2.33. The second-order valence-electron chi connectivity index (χ2n) is 3.39. The number of nitrogens with zero attached hydrogens (tertiary/aromatic N) is 3. The molecule has 0 spiro atoms. The first-order chi connectivity index (χ1) is 7.92. The molecule has 0 bridgehead atoms. The van der Waals surface area contributed by atoms with E-state index < -0.39 is 20.1 Å². The van der Waals surface area contributed by atoms with E-state index in [-0.39, 0.29) is 0 Å². The van der Waals surface area contributed by atoms with Gasteiger partial charge >= 0.3 is 101 Å². The zero-order valence-corrected chi connectivity index (χ0v) is 10.5. The molecule has 1 heterocycles. The van der Waals surface area contributed by atoms with Gasteiger partial charge < -0.3 is 0 Å². The first kappa shape index (κ1) is 9.69. The molecule has 0 aromatic heterocycles. The van der Waals surface area contributed by atoms with Gasteiger partial charge in [-0.25, -0.2) is 0 Å². The summed E-state index contributed by atoms with van der Waals surface area (Å²) in [5, 5.41) is 0. The Morgan fingerprint density at radius 2 is 1.38 bits per heavy atom. The molecule has 0 N–H and O–H groups in total. The molecule has 0 fully saturated rings. The minimum atomic E-state index is -1.86. The van der Waals surface area contributed by atoms with Gasteiger partial charge in [-0.15, -0.1) is 0 Å². The van der Waals surface area contributed by atoms with Gasteiger partial charge in [0, 0.05) is 0 Å². The molecule has 4 heteroatoms. The summed E-state index contributed by atoms with van der Waals surface area (Å²) >= 11 is -1.86. The molecule has 1 aliphatic heterocycles. The molecule has 0 aliphatic carbocycles. The zero-order chi connectivity index (χ0) is 11.0. The number of hydrogen-bond donors (Lipinski definition) is 0. The summed E-state index contributed by atoms with van der Waals surface area (Å²) in [6, 6.07) is 16.5. The number of halogens is 1. The van der Waals surface area contributed by atoms with E-state index in [9.17, 15) is 0 Å². The first-order valence-electron chi connectivity index (χ1n) is 4.85. The van der Waals surface area contributed by atoms with Gasteiger partial charge in [-0.1, -0.05) is 0 Å². The van der Waals surface area contributed by atoms with Crippen LogP contribution in [-0.4, -0.2) is 0 Å². The predicted molar refractivity (Wildman–Crippen MR) is 72.4 cm³/mol. The van der Waals surface area contributed by atoms with Crippen LogP contribution < -0.4 is 0 Å². The molecular weight excluding hydrogens is 313 g/mol. The van der Waals surface area contributed by atoms with E-state index >= 15 is 0 Å². The molecule has 0 saturated carbocycles. The molecular formula is C12H8IN3. The van der Waals surface area contributed by atoms with Crippen LogP contribution in [0.15, 0.2) is 51.9 Å². The number of rotatable bonds is 1. The summed E-state index contributed by atoms with van der Waals surface area (Å²) in [5.74, 6) is 0. The van der Waals surface area contributed by atoms with Crippen molar-refractivity contribution in [3.63, 3.8) is 0 Å².